The second-order valence-electron chi connectivity index (χ2n) is 7.52. The highest BCUT2D eigenvalue weighted by Crippen LogP contribution is 2.29. The Morgan fingerprint density at radius 1 is 1.33 bits per heavy atom. The van der Waals surface area contributed by atoms with E-state index in [4.69, 9.17) is 14.6 Å². The minimum atomic E-state index is -0.246. The number of aromatic nitrogens is 2. The Morgan fingerprint density at radius 2 is 2.20 bits per heavy atom. The van der Waals surface area contributed by atoms with Gasteiger partial charge in [-0.25, -0.2) is 0 Å². The number of nitrogens with one attached hydrogen (secondary N) is 1. The van der Waals surface area contributed by atoms with E-state index in [1.54, 1.807) is 0 Å². The molecule has 0 spiro atoms. The molecule has 4 rings (SSSR count). The van der Waals surface area contributed by atoms with Gasteiger partial charge in [0, 0.05) is 22.0 Å². The van der Waals surface area contributed by atoms with Gasteiger partial charge in [0.1, 0.15) is 18.1 Å². The molecule has 1 aliphatic rings. The first-order chi connectivity index (χ1) is 14.6. The molecule has 6 nitrogen and oxygen atoms in total. The topological polar surface area (TPSA) is 65.4 Å². The van der Waals surface area contributed by atoms with Gasteiger partial charge in [0.25, 0.3) is 0 Å². The van der Waals surface area contributed by atoms with Crippen LogP contribution in [0.25, 0.3) is 10.9 Å². The molecule has 0 unspecified atom stereocenters. The van der Waals surface area contributed by atoms with Gasteiger partial charge in [-0.1, -0.05) is 28.1 Å². The predicted molar refractivity (Wildman–Crippen MR) is 120 cm³/mol. The third-order valence-corrected chi connectivity index (χ3v) is 5.98. The zero-order valence-electron chi connectivity index (χ0n) is 17.3. The third-order valence-electron chi connectivity index (χ3n) is 5.48. The first kappa shape index (κ1) is 20.9. The molecule has 1 atom stereocenters. The van der Waals surface area contributed by atoms with Crippen molar-refractivity contribution in [1.82, 2.24) is 15.1 Å². The highest BCUT2D eigenvalue weighted by atomic mass is 79.9. The molecule has 158 valence electrons. The van der Waals surface area contributed by atoms with Crippen molar-refractivity contribution in [1.29, 1.82) is 0 Å². The lowest BCUT2D eigenvalue weighted by Crippen LogP contribution is -2.14. The Hall–Kier alpha value is -2.38. The van der Waals surface area contributed by atoms with E-state index in [9.17, 15) is 4.79 Å². The number of benzene rings is 2. The smallest absolute Gasteiger partial charge is 0.310 e. The summed E-state index contributed by atoms with van der Waals surface area (Å²) < 4.78 is 14.5. The zero-order chi connectivity index (χ0) is 21.1. The minimum Gasteiger partial charge on any atom is -0.487 e. The van der Waals surface area contributed by atoms with Gasteiger partial charge >= 0.3 is 5.97 Å². The molecule has 1 saturated heterocycles. The van der Waals surface area contributed by atoms with E-state index in [1.165, 1.54) is 0 Å². The van der Waals surface area contributed by atoms with Crippen LogP contribution in [0.4, 0.5) is 0 Å². The number of esters is 1. The van der Waals surface area contributed by atoms with E-state index in [2.05, 4.69) is 38.1 Å². The molecule has 1 aromatic heterocycles. The minimum absolute atomic E-state index is 0.199. The molecular weight excluding hydrogens is 446 g/mol. The molecule has 1 aliphatic heterocycles. The molecule has 2 heterocycles. The number of rotatable bonds is 7. The summed E-state index contributed by atoms with van der Waals surface area (Å²) >= 11 is 3.58. The van der Waals surface area contributed by atoms with Crippen LogP contribution in [0.3, 0.4) is 0 Å². The number of carbonyl (C=O) groups excluding carboxylic acids is 1. The van der Waals surface area contributed by atoms with Gasteiger partial charge < -0.3 is 14.8 Å². The summed E-state index contributed by atoms with van der Waals surface area (Å²) in [4.78, 5) is 12.0. The largest absolute Gasteiger partial charge is 0.487 e. The van der Waals surface area contributed by atoms with Crippen LogP contribution >= 0.6 is 15.9 Å². The second-order valence-corrected chi connectivity index (χ2v) is 8.44. The third kappa shape index (κ3) is 4.37. The molecule has 1 N–H and O–H groups in total. The van der Waals surface area contributed by atoms with E-state index in [-0.39, 0.29) is 12.4 Å². The van der Waals surface area contributed by atoms with Gasteiger partial charge in [-0.2, -0.15) is 5.10 Å². The van der Waals surface area contributed by atoms with Crippen LogP contribution < -0.4 is 10.1 Å². The molecule has 30 heavy (non-hydrogen) atoms. The highest BCUT2D eigenvalue weighted by molar-refractivity contribution is 9.10. The summed E-state index contributed by atoms with van der Waals surface area (Å²) in [5.74, 6) is 0.451. The van der Waals surface area contributed by atoms with Gasteiger partial charge in [-0.3, -0.25) is 9.48 Å². The van der Waals surface area contributed by atoms with E-state index < -0.39 is 0 Å². The molecule has 0 radical (unpaired) electrons. The van der Waals surface area contributed by atoms with Crippen LogP contribution in [0, 0.1) is 6.92 Å². The number of carbonyl (C=O) groups is 1. The fourth-order valence-electron chi connectivity index (χ4n) is 3.95. The van der Waals surface area contributed by atoms with Crippen LogP contribution in [0.15, 0.2) is 40.9 Å². The quantitative estimate of drug-likeness (QED) is 0.519. The van der Waals surface area contributed by atoms with Crippen molar-refractivity contribution in [3.05, 3.63) is 57.7 Å². The molecule has 0 saturated carbocycles. The van der Waals surface area contributed by atoms with E-state index >= 15 is 0 Å². The molecule has 0 aliphatic carbocycles. The van der Waals surface area contributed by atoms with Gasteiger partial charge in [0.15, 0.2) is 0 Å². The fraction of sp³-hybridized carbons (Fsp3) is 0.391. The van der Waals surface area contributed by atoms with Crippen LogP contribution in [0.2, 0.25) is 0 Å². The maximum Gasteiger partial charge on any atom is 0.310 e. The lowest BCUT2D eigenvalue weighted by atomic mass is 10.0. The first-order valence-corrected chi connectivity index (χ1v) is 11.1. The van der Waals surface area contributed by atoms with Crippen molar-refractivity contribution < 1.29 is 14.3 Å². The van der Waals surface area contributed by atoms with E-state index in [0.29, 0.717) is 25.0 Å². The molecular formula is C23H26BrN3O3. The Balaban J connectivity index is 1.62. The summed E-state index contributed by atoms with van der Waals surface area (Å²) in [6, 6.07) is 12.4. The Kier molecular flexibility index (Phi) is 6.39. The average molecular weight is 472 g/mol. The standard InChI is InChI=1S/C23H26BrN3O3/c1-3-29-23(28)12-18-15(2)5-4-6-22(18)30-14-20-19-11-16(24)7-8-21(19)27(26-20)17-9-10-25-13-17/h4-8,11,17,25H,3,9-10,12-14H2,1-2H3/t17-/m1/s1. The van der Waals surface area contributed by atoms with Crippen LogP contribution in [-0.4, -0.2) is 35.4 Å². The summed E-state index contributed by atoms with van der Waals surface area (Å²) in [5.41, 5.74) is 3.87. The molecule has 2 aromatic carbocycles. The summed E-state index contributed by atoms with van der Waals surface area (Å²) in [6.07, 6.45) is 1.26. The second kappa shape index (κ2) is 9.18. The Morgan fingerprint density at radius 3 is 2.97 bits per heavy atom. The van der Waals surface area contributed by atoms with Crippen molar-refractivity contribution in [2.75, 3.05) is 19.7 Å². The Labute approximate surface area is 184 Å². The summed E-state index contributed by atoms with van der Waals surface area (Å²) in [5, 5.41) is 9.40. The number of halogens is 1. The first-order valence-electron chi connectivity index (χ1n) is 10.3. The molecule has 3 aromatic rings. The van der Waals surface area contributed by atoms with Gasteiger partial charge in [0.2, 0.25) is 0 Å². The number of fused-ring (bicyclic) bond motifs is 1. The molecule has 0 bridgehead atoms. The predicted octanol–water partition coefficient (Wildman–Crippen LogP) is 4.33. The summed E-state index contributed by atoms with van der Waals surface area (Å²) in [7, 11) is 0. The van der Waals surface area contributed by atoms with E-state index in [1.807, 2.05) is 38.1 Å². The number of hydrogen-bond donors (Lipinski definition) is 1. The van der Waals surface area contributed by atoms with Crippen molar-refractivity contribution in [3.8, 4) is 5.75 Å². The number of hydrogen-bond acceptors (Lipinski definition) is 5. The fourth-order valence-corrected chi connectivity index (χ4v) is 4.31. The monoisotopic (exact) mass is 471 g/mol. The average Bonchev–Trinajstić information content (AvgIpc) is 3.36. The summed E-state index contributed by atoms with van der Waals surface area (Å²) in [6.45, 7) is 6.43. The van der Waals surface area contributed by atoms with Crippen LogP contribution in [-0.2, 0) is 22.6 Å². The molecule has 1 fully saturated rings. The van der Waals surface area contributed by atoms with E-state index in [0.717, 1.165) is 51.7 Å². The highest BCUT2D eigenvalue weighted by Gasteiger charge is 2.22. The number of aryl methyl sites for hydroxylation is 1. The maximum absolute atomic E-state index is 12.0. The van der Waals surface area contributed by atoms with Crippen molar-refractivity contribution >= 4 is 32.8 Å². The lowest BCUT2D eigenvalue weighted by Gasteiger charge is -2.13. The van der Waals surface area contributed by atoms with Crippen molar-refractivity contribution in [2.45, 2.75) is 39.3 Å². The van der Waals surface area contributed by atoms with Crippen LogP contribution in [0.5, 0.6) is 5.75 Å². The van der Waals surface area contributed by atoms with Gasteiger partial charge in [0.05, 0.1) is 24.6 Å². The van der Waals surface area contributed by atoms with Gasteiger partial charge in [-0.15, -0.1) is 0 Å². The molecule has 0 amide bonds. The van der Waals surface area contributed by atoms with Crippen molar-refractivity contribution in [2.24, 2.45) is 0 Å². The van der Waals surface area contributed by atoms with Gasteiger partial charge in [-0.05, 0) is 56.6 Å². The lowest BCUT2D eigenvalue weighted by molar-refractivity contribution is -0.142. The number of nitrogens with zero attached hydrogens (tertiary/aromatic N) is 2. The zero-order valence-corrected chi connectivity index (χ0v) is 18.9. The van der Waals surface area contributed by atoms with Crippen molar-refractivity contribution in [3.63, 3.8) is 0 Å². The number of ether oxygens (including phenoxy) is 2. The maximum atomic E-state index is 12.0. The van der Waals surface area contributed by atoms with Crippen LogP contribution in [0.1, 0.15) is 36.2 Å². The Bertz CT molecular complexity index is 1060. The normalized spacial score (nSPS) is 16.2. The SMILES string of the molecule is CCOC(=O)Cc1c(C)cccc1OCc1nn([C@@H]2CCNC2)c2ccc(Br)cc12. The molecule has 7 heteroatoms.